The summed E-state index contributed by atoms with van der Waals surface area (Å²) in [6.45, 7) is 12.9. The van der Waals surface area contributed by atoms with Gasteiger partial charge in [0.15, 0.2) is 0 Å². The Labute approximate surface area is 167 Å². The molecule has 152 valence electrons. The fourth-order valence-corrected chi connectivity index (χ4v) is 2.87. The highest BCUT2D eigenvalue weighted by Crippen LogP contribution is 2.18. The SMILES string of the molecule is CC(C)=CCCC(C)CCC/C(C)=C/CC/C(C)=C/C=C/C(C)=C/C(=O)O. The maximum atomic E-state index is 10.6. The zero-order valence-corrected chi connectivity index (χ0v) is 18.3. The maximum Gasteiger partial charge on any atom is 0.328 e. The second kappa shape index (κ2) is 15.2. The zero-order valence-electron chi connectivity index (χ0n) is 18.3. The van der Waals surface area contributed by atoms with Gasteiger partial charge >= 0.3 is 5.97 Å². The molecule has 0 aliphatic carbocycles. The van der Waals surface area contributed by atoms with Gasteiger partial charge in [0, 0.05) is 6.08 Å². The summed E-state index contributed by atoms with van der Waals surface area (Å²) in [6.07, 6.45) is 20.2. The van der Waals surface area contributed by atoms with Gasteiger partial charge in [-0.25, -0.2) is 4.79 Å². The summed E-state index contributed by atoms with van der Waals surface area (Å²) in [5.41, 5.74) is 4.98. The molecule has 0 saturated heterocycles. The zero-order chi connectivity index (χ0) is 20.7. The van der Waals surface area contributed by atoms with Crippen molar-refractivity contribution in [1.82, 2.24) is 0 Å². The van der Waals surface area contributed by atoms with Crippen LogP contribution in [0.1, 0.15) is 86.5 Å². The van der Waals surface area contributed by atoms with Crippen molar-refractivity contribution in [2.24, 2.45) is 5.92 Å². The van der Waals surface area contributed by atoms with Gasteiger partial charge in [-0.1, -0.05) is 60.4 Å². The number of aliphatic carboxylic acids is 1. The van der Waals surface area contributed by atoms with Crippen LogP contribution in [-0.4, -0.2) is 11.1 Å². The number of carbonyl (C=O) groups is 1. The Morgan fingerprint density at radius 1 is 0.926 bits per heavy atom. The van der Waals surface area contributed by atoms with Gasteiger partial charge in [-0.05, 0) is 84.6 Å². The van der Waals surface area contributed by atoms with E-state index in [1.165, 1.54) is 54.9 Å². The lowest BCUT2D eigenvalue weighted by Gasteiger charge is -2.10. The molecule has 0 rings (SSSR count). The topological polar surface area (TPSA) is 37.3 Å². The highest BCUT2D eigenvalue weighted by molar-refractivity contribution is 5.81. The Bertz CT molecular complexity index is 581. The van der Waals surface area contributed by atoms with Crippen LogP contribution < -0.4 is 0 Å². The second-order valence-corrected chi connectivity index (χ2v) is 8.04. The largest absolute Gasteiger partial charge is 0.478 e. The molecule has 27 heavy (non-hydrogen) atoms. The molecule has 0 saturated carbocycles. The van der Waals surface area contributed by atoms with Gasteiger partial charge in [0.2, 0.25) is 0 Å². The normalized spacial score (nSPS) is 14.5. The molecule has 0 spiro atoms. The van der Waals surface area contributed by atoms with Crippen molar-refractivity contribution in [1.29, 1.82) is 0 Å². The fourth-order valence-electron chi connectivity index (χ4n) is 2.87. The van der Waals surface area contributed by atoms with E-state index in [2.05, 4.69) is 52.8 Å². The Hall–Kier alpha value is -1.83. The standard InChI is InChI=1S/C25H40O2/c1-20(2)11-7-12-21(3)13-8-14-22(4)15-9-16-23(5)17-10-18-24(6)19-25(26)27/h10-11,15,17-19,21H,7-9,12-14,16H2,1-6H3,(H,26,27)/b18-10+,22-15+,23-17+,24-19+. The van der Waals surface area contributed by atoms with Crippen LogP contribution in [0.5, 0.6) is 0 Å². The first kappa shape index (κ1) is 25.2. The summed E-state index contributed by atoms with van der Waals surface area (Å²) in [5.74, 6) is -0.0928. The predicted octanol–water partition coefficient (Wildman–Crippen LogP) is 7.80. The number of carboxylic acid groups (broad SMARTS) is 1. The Balaban J connectivity index is 4.07. The average Bonchev–Trinajstić information content (AvgIpc) is 2.53. The molecule has 0 radical (unpaired) electrons. The van der Waals surface area contributed by atoms with E-state index in [0.29, 0.717) is 0 Å². The summed E-state index contributed by atoms with van der Waals surface area (Å²) in [7, 11) is 0. The third-order valence-electron chi connectivity index (χ3n) is 4.60. The van der Waals surface area contributed by atoms with Gasteiger partial charge in [0.05, 0.1) is 0 Å². The lowest BCUT2D eigenvalue weighted by molar-refractivity contribution is -0.131. The number of hydrogen-bond donors (Lipinski definition) is 1. The average molecular weight is 373 g/mol. The van der Waals surface area contributed by atoms with Crippen molar-refractivity contribution in [3.05, 3.63) is 58.7 Å². The molecule has 2 nitrogen and oxygen atoms in total. The highest BCUT2D eigenvalue weighted by atomic mass is 16.4. The number of carboxylic acids is 1. The van der Waals surface area contributed by atoms with Crippen molar-refractivity contribution < 1.29 is 9.90 Å². The molecule has 0 aromatic heterocycles. The molecule has 2 heteroatoms. The van der Waals surface area contributed by atoms with Crippen LogP contribution in [-0.2, 0) is 4.79 Å². The number of hydrogen-bond acceptors (Lipinski definition) is 1. The molecular formula is C25H40O2. The first-order valence-electron chi connectivity index (χ1n) is 10.2. The third-order valence-corrected chi connectivity index (χ3v) is 4.60. The molecule has 0 aliphatic rings. The van der Waals surface area contributed by atoms with E-state index in [1.54, 1.807) is 6.92 Å². The highest BCUT2D eigenvalue weighted by Gasteiger charge is 2.01. The molecule has 0 aliphatic heterocycles. The molecule has 1 unspecified atom stereocenters. The fraction of sp³-hybridized carbons (Fsp3) is 0.560. The van der Waals surface area contributed by atoms with Gasteiger partial charge in [-0.2, -0.15) is 0 Å². The van der Waals surface area contributed by atoms with Gasteiger partial charge in [0.1, 0.15) is 0 Å². The summed E-state index contributed by atoms with van der Waals surface area (Å²) in [5, 5.41) is 8.68. The summed E-state index contributed by atoms with van der Waals surface area (Å²) in [6, 6.07) is 0. The van der Waals surface area contributed by atoms with Gasteiger partial charge in [0.25, 0.3) is 0 Å². The molecule has 0 heterocycles. The molecule has 0 bridgehead atoms. The molecule has 0 amide bonds. The van der Waals surface area contributed by atoms with Crippen LogP contribution in [0.4, 0.5) is 0 Å². The van der Waals surface area contributed by atoms with Crippen LogP contribution in [0.2, 0.25) is 0 Å². The summed E-state index contributed by atoms with van der Waals surface area (Å²) in [4.78, 5) is 10.6. The Morgan fingerprint density at radius 2 is 1.63 bits per heavy atom. The Morgan fingerprint density at radius 3 is 2.26 bits per heavy atom. The van der Waals surface area contributed by atoms with Crippen molar-refractivity contribution >= 4 is 5.97 Å². The third kappa shape index (κ3) is 17.3. The maximum absolute atomic E-state index is 10.6. The van der Waals surface area contributed by atoms with Crippen molar-refractivity contribution in [3.8, 4) is 0 Å². The lowest BCUT2D eigenvalue weighted by atomic mass is 9.96. The Kier molecular flexibility index (Phi) is 14.2. The minimum atomic E-state index is -0.902. The summed E-state index contributed by atoms with van der Waals surface area (Å²) >= 11 is 0. The van der Waals surface area contributed by atoms with E-state index in [4.69, 9.17) is 5.11 Å². The monoisotopic (exact) mass is 372 g/mol. The quantitative estimate of drug-likeness (QED) is 0.203. The van der Waals surface area contributed by atoms with Crippen molar-refractivity contribution in [2.45, 2.75) is 86.5 Å². The first-order valence-corrected chi connectivity index (χ1v) is 10.2. The van der Waals surface area contributed by atoms with Crippen LogP contribution in [0.3, 0.4) is 0 Å². The van der Waals surface area contributed by atoms with Crippen LogP contribution in [0.25, 0.3) is 0 Å². The minimum absolute atomic E-state index is 0.748. The smallest absolute Gasteiger partial charge is 0.328 e. The molecule has 0 aromatic carbocycles. The predicted molar refractivity (Wildman–Crippen MR) is 119 cm³/mol. The van der Waals surface area contributed by atoms with Crippen LogP contribution in [0.15, 0.2) is 58.7 Å². The molecular weight excluding hydrogens is 332 g/mol. The van der Waals surface area contributed by atoms with Crippen molar-refractivity contribution in [2.75, 3.05) is 0 Å². The van der Waals surface area contributed by atoms with E-state index in [-0.39, 0.29) is 0 Å². The van der Waals surface area contributed by atoms with E-state index in [1.807, 2.05) is 12.2 Å². The minimum Gasteiger partial charge on any atom is -0.478 e. The lowest BCUT2D eigenvalue weighted by Crippen LogP contribution is -1.94. The van der Waals surface area contributed by atoms with Crippen LogP contribution in [0, 0.1) is 5.92 Å². The number of allylic oxidation sites excluding steroid dienone is 9. The molecule has 0 aromatic rings. The summed E-state index contributed by atoms with van der Waals surface area (Å²) < 4.78 is 0. The molecule has 1 N–H and O–H groups in total. The molecule has 1 atom stereocenters. The van der Waals surface area contributed by atoms with Gasteiger partial charge in [-0.3, -0.25) is 0 Å². The van der Waals surface area contributed by atoms with Crippen LogP contribution >= 0.6 is 0 Å². The van der Waals surface area contributed by atoms with E-state index in [9.17, 15) is 4.79 Å². The second-order valence-electron chi connectivity index (χ2n) is 8.04. The van der Waals surface area contributed by atoms with Gasteiger partial charge in [-0.15, -0.1) is 0 Å². The van der Waals surface area contributed by atoms with Gasteiger partial charge < -0.3 is 5.11 Å². The van der Waals surface area contributed by atoms with E-state index in [0.717, 1.165) is 24.3 Å². The van der Waals surface area contributed by atoms with E-state index >= 15 is 0 Å². The van der Waals surface area contributed by atoms with E-state index < -0.39 is 5.97 Å². The molecule has 0 fully saturated rings. The first-order chi connectivity index (χ1) is 12.7. The number of rotatable bonds is 13. The van der Waals surface area contributed by atoms with Crippen molar-refractivity contribution in [3.63, 3.8) is 0 Å².